The van der Waals surface area contributed by atoms with Crippen LogP contribution >= 0.6 is 18.1 Å². The molecule has 0 bridgehead atoms. The molecule has 2 heterocycles. The first-order valence-electron chi connectivity index (χ1n) is 5.14. The van der Waals surface area contributed by atoms with Crippen molar-refractivity contribution in [1.82, 2.24) is 0 Å². The summed E-state index contributed by atoms with van der Waals surface area (Å²) in [4.78, 5) is 0. The van der Waals surface area contributed by atoms with Crippen LogP contribution in [0.1, 0.15) is 27.2 Å². The molecule has 0 N–H and O–H groups in total. The molecule has 0 atom stereocenters. The van der Waals surface area contributed by atoms with E-state index >= 15 is 0 Å². The molecule has 0 amide bonds. The number of allylic oxidation sites excluding steroid dienone is 2. The van der Waals surface area contributed by atoms with Crippen LogP contribution in [0.5, 0.6) is 0 Å². The first kappa shape index (κ1) is 11.5. The maximum absolute atomic E-state index is 5.84. The summed E-state index contributed by atoms with van der Waals surface area (Å²) in [6.07, 6.45) is 0.896. The zero-order valence-electron chi connectivity index (χ0n) is 9.32. The van der Waals surface area contributed by atoms with E-state index in [1.165, 1.54) is 11.4 Å². The molecule has 0 aromatic heterocycles. The van der Waals surface area contributed by atoms with Crippen LogP contribution in [-0.2, 0) is 18.1 Å². The molecule has 88 valence electrons. The first-order chi connectivity index (χ1) is 7.09. The van der Waals surface area contributed by atoms with Gasteiger partial charge in [-0.1, -0.05) is 0 Å². The standard InChI is InChI=1S/C9H17O4PS/c1-4-15-14(10-6-5-7-11-14)12-8(2)9(3)13-14/h4-7H2,1-3H3. The number of rotatable bonds is 2. The molecule has 2 aliphatic heterocycles. The van der Waals surface area contributed by atoms with Crippen molar-refractivity contribution >= 4 is 18.1 Å². The summed E-state index contributed by atoms with van der Waals surface area (Å²) in [6, 6.07) is 0. The second kappa shape index (κ2) is 3.81. The van der Waals surface area contributed by atoms with Crippen LogP contribution in [0.15, 0.2) is 11.5 Å². The van der Waals surface area contributed by atoms with Crippen LogP contribution in [0.25, 0.3) is 0 Å². The van der Waals surface area contributed by atoms with Crippen molar-refractivity contribution in [3.05, 3.63) is 11.5 Å². The van der Waals surface area contributed by atoms with Crippen LogP contribution in [-0.4, -0.2) is 19.0 Å². The Bertz CT molecular complexity index is 272. The van der Waals surface area contributed by atoms with Crippen molar-refractivity contribution in [2.24, 2.45) is 0 Å². The Morgan fingerprint density at radius 1 is 1.13 bits per heavy atom. The summed E-state index contributed by atoms with van der Waals surface area (Å²) in [5.41, 5.74) is 0. The Hall–Kier alpha value is 0.0400. The van der Waals surface area contributed by atoms with Crippen LogP contribution in [0.4, 0.5) is 0 Å². The van der Waals surface area contributed by atoms with Gasteiger partial charge < -0.3 is 0 Å². The summed E-state index contributed by atoms with van der Waals surface area (Å²) in [7, 11) is 0. The average Bonchev–Trinajstić information content (AvgIpc) is 2.41. The second-order valence-corrected chi connectivity index (χ2v) is 9.25. The van der Waals surface area contributed by atoms with E-state index in [9.17, 15) is 0 Å². The van der Waals surface area contributed by atoms with Gasteiger partial charge in [0, 0.05) is 0 Å². The average molecular weight is 252 g/mol. The quantitative estimate of drug-likeness (QED) is 0.702. The minimum atomic E-state index is -3.33. The first-order valence-corrected chi connectivity index (χ1v) is 8.64. The van der Waals surface area contributed by atoms with Crippen molar-refractivity contribution in [2.75, 3.05) is 19.0 Å². The molecule has 1 fully saturated rings. The van der Waals surface area contributed by atoms with E-state index in [2.05, 4.69) is 0 Å². The molecule has 4 nitrogen and oxygen atoms in total. The third-order valence-electron chi connectivity index (χ3n) is 2.30. The van der Waals surface area contributed by atoms with Gasteiger partial charge >= 0.3 is 93.9 Å². The van der Waals surface area contributed by atoms with Crippen molar-refractivity contribution in [3.63, 3.8) is 0 Å². The third kappa shape index (κ3) is 1.86. The van der Waals surface area contributed by atoms with Crippen molar-refractivity contribution in [2.45, 2.75) is 27.2 Å². The summed E-state index contributed by atoms with van der Waals surface area (Å²) in [5, 5.41) is 0. The molecular weight excluding hydrogens is 235 g/mol. The Morgan fingerprint density at radius 3 is 2.13 bits per heavy atom. The molecule has 2 rings (SSSR count). The van der Waals surface area contributed by atoms with Gasteiger partial charge in [0.15, 0.2) is 0 Å². The fourth-order valence-corrected chi connectivity index (χ4v) is 7.71. The molecule has 0 saturated carbocycles. The van der Waals surface area contributed by atoms with Gasteiger partial charge in [-0.25, -0.2) is 0 Å². The Morgan fingerprint density at radius 2 is 1.67 bits per heavy atom. The summed E-state index contributed by atoms with van der Waals surface area (Å²) >= 11 is 1.52. The van der Waals surface area contributed by atoms with Gasteiger partial charge in [-0.3, -0.25) is 0 Å². The Kier molecular flexibility index (Phi) is 2.93. The normalized spacial score (nSPS) is 30.5. The molecule has 0 aliphatic carbocycles. The Balaban J connectivity index is 2.26. The maximum atomic E-state index is 5.84. The van der Waals surface area contributed by atoms with Gasteiger partial charge in [0.25, 0.3) is 0 Å². The topological polar surface area (TPSA) is 36.9 Å². The van der Waals surface area contributed by atoms with E-state index < -0.39 is 6.71 Å². The monoisotopic (exact) mass is 252 g/mol. The molecule has 0 aromatic rings. The molecule has 0 aromatic carbocycles. The van der Waals surface area contributed by atoms with E-state index in [4.69, 9.17) is 18.1 Å². The fraction of sp³-hybridized carbons (Fsp3) is 0.778. The van der Waals surface area contributed by atoms with Gasteiger partial charge in [0.2, 0.25) is 0 Å². The Labute approximate surface area is 94.3 Å². The van der Waals surface area contributed by atoms with E-state index in [1.807, 2.05) is 20.8 Å². The fourth-order valence-electron chi connectivity index (χ4n) is 1.56. The molecule has 1 saturated heterocycles. The third-order valence-corrected chi connectivity index (χ3v) is 8.45. The zero-order chi connectivity index (χ0) is 11.0. The zero-order valence-corrected chi connectivity index (χ0v) is 11.0. The van der Waals surface area contributed by atoms with Gasteiger partial charge in [-0.2, -0.15) is 0 Å². The van der Waals surface area contributed by atoms with Crippen LogP contribution < -0.4 is 0 Å². The van der Waals surface area contributed by atoms with Crippen LogP contribution in [0, 0.1) is 0 Å². The number of hydrogen-bond acceptors (Lipinski definition) is 5. The van der Waals surface area contributed by atoms with Gasteiger partial charge in [-0.05, 0) is 0 Å². The van der Waals surface area contributed by atoms with Gasteiger partial charge in [0.05, 0.1) is 0 Å². The van der Waals surface area contributed by atoms with Crippen LogP contribution in [0.3, 0.4) is 0 Å². The van der Waals surface area contributed by atoms with E-state index in [0.717, 1.165) is 23.7 Å². The van der Waals surface area contributed by atoms with E-state index in [0.29, 0.717) is 13.2 Å². The van der Waals surface area contributed by atoms with Gasteiger partial charge in [-0.15, -0.1) is 0 Å². The van der Waals surface area contributed by atoms with E-state index in [-0.39, 0.29) is 0 Å². The van der Waals surface area contributed by atoms with Crippen molar-refractivity contribution in [1.29, 1.82) is 0 Å². The predicted octanol–water partition coefficient (Wildman–Crippen LogP) is 3.60. The van der Waals surface area contributed by atoms with Gasteiger partial charge in [0.1, 0.15) is 0 Å². The summed E-state index contributed by atoms with van der Waals surface area (Å²) < 4.78 is 23.2. The summed E-state index contributed by atoms with van der Waals surface area (Å²) in [5.74, 6) is 2.39. The van der Waals surface area contributed by atoms with Crippen molar-refractivity contribution in [3.8, 4) is 0 Å². The second-order valence-electron chi connectivity index (χ2n) is 3.48. The van der Waals surface area contributed by atoms with E-state index in [1.54, 1.807) is 0 Å². The molecule has 1 spiro atoms. The predicted molar refractivity (Wildman–Crippen MR) is 62.1 cm³/mol. The molecule has 6 heteroatoms. The molecule has 2 aliphatic rings. The minimum absolute atomic E-state index is 0.644. The van der Waals surface area contributed by atoms with Crippen molar-refractivity contribution < 1.29 is 18.1 Å². The molecule has 0 radical (unpaired) electrons. The molecular formula is C9H17O4PS. The molecule has 0 unspecified atom stereocenters. The SMILES string of the molecule is CCSP12(OCCCO1)OC(C)=C(C)O2. The van der Waals surface area contributed by atoms with Crippen LogP contribution in [0.2, 0.25) is 0 Å². The number of hydrogen-bond donors (Lipinski definition) is 0. The summed E-state index contributed by atoms with van der Waals surface area (Å²) in [6.45, 7) is 3.77. The molecule has 15 heavy (non-hydrogen) atoms.